The Bertz CT molecular complexity index is 1600. The Morgan fingerprint density at radius 3 is 2.74 bits per heavy atom. The van der Waals surface area contributed by atoms with Crippen LogP contribution in [0, 0.1) is 11.3 Å². The van der Waals surface area contributed by atoms with Crippen molar-refractivity contribution < 1.29 is 38.1 Å². The molecule has 6 rings (SSSR count). The Morgan fingerprint density at radius 2 is 2.05 bits per heavy atom. The van der Waals surface area contributed by atoms with Crippen LogP contribution in [0.1, 0.15) is 56.2 Å². The minimum Gasteiger partial charge on any atom is -0.461 e. The fourth-order valence-corrected chi connectivity index (χ4v) is 6.81. The maximum absolute atomic E-state index is 14.2. The molecule has 15 heteroatoms. The number of fused-ring (bicyclic) bond motifs is 1. The number of carbonyl (C=O) groups is 1. The van der Waals surface area contributed by atoms with E-state index in [1.54, 1.807) is 18.2 Å². The normalized spacial score (nSPS) is 27.6. The first-order valence-electron chi connectivity index (χ1n) is 14.2. The van der Waals surface area contributed by atoms with Crippen molar-refractivity contribution in [2.45, 2.75) is 81.0 Å². The van der Waals surface area contributed by atoms with Crippen molar-refractivity contribution in [1.29, 1.82) is 5.26 Å². The molecule has 6 atom stereocenters. The van der Waals surface area contributed by atoms with Gasteiger partial charge in [0.2, 0.25) is 5.60 Å². The van der Waals surface area contributed by atoms with Gasteiger partial charge in [0, 0.05) is 0 Å². The molecule has 43 heavy (non-hydrogen) atoms. The maximum atomic E-state index is 14.2. The van der Waals surface area contributed by atoms with E-state index in [0.717, 1.165) is 37.7 Å². The highest BCUT2D eigenvalue weighted by Gasteiger charge is 2.58. The predicted octanol–water partition coefficient (Wildman–Crippen LogP) is 2.31. The Morgan fingerprint density at radius 1 is 1.28 bits per heavy atom. The number of nitrogens with one attached hydrogen (secondary N) is 1. The van der Waals surface area contributed by atoms with Crippen molar-refractivity contribution in [3.63, 3.8) is 0 Å². The number of anilines is 1. The van der Waals surface area contributed by atoms with Gasteiger partial charge in [-0.15, -0.1) is 0 Å². The van der Waals surface area contributed by atoms with Gasteiger partial charge in [0.1, 0.15) is 54.1 Å². The summed E-state index contributed by atoms with van der Waals surface area (Å²) in [6.45, 7) is 0.923. The van der Waals surface area contributed by atoms with Crippen LogP contribution in [0.15, 0.2) is 42.7 Å². The molecule has 0 radical (unpaired) electrons. The number of ether oxygens (including phenoxy) is 2. The minimum atomic E-state index is -4.33. The highest BCUT2D eigenvalue weighted by molar-refractivity contribution is 7.52. The number of aliphatic hydroxyl groups is 2. The van der Waals surface area contributed by atoms with Gasteiger partial charge in [0.15, 0.2) is 5.82 Å². The second-order valence-electron chi connectivity index (χ2n) is 11.1. The van der Waals surface area contributed by atoms with Crippen LogP contribution < -0.4 is 15.3 Å². The number of benzene rings is 1. The number of esters is 1. The smallest absolute Gasteiger partial charge is 0.459 e. The van der Waals surface area contributed by atoms with E-state index in [9.17, 15) is 24.8 Å². The summed E-state index contributed by atoms with van der Waals surface area (Å²) in [6.07, 6.45) is 0.760. The molecule has 0 amide bonds. The van der Waals surface area contributed by atoms with E-state index in [1.165, 1.54) is 23.8 Å². The number of hydrogen-bond donors (Lipinski definition) is 4. The van der Waals surface area contributed by atoms with Gasteiger partial charge >= 0.3 is 13.7 Å². The summed E-state index contributed by atoms with van der Waals surface area (Å²) in [7, 11) is -4.33. The first kappa shape index (κ1) is 29.5. The molecule has 1 aromatic carbocycles. The van der Waals surface area contributed by atoms with Crippen molar-refractivity contribution in [2.75, 3.05) is 12.3 Å². The molecule has 0 spiro atoms. The van der Waals surface area contributed by atoms with E-state index in [-0.39, 0.29) is 23.5 Å². The molecule has 2 aromatic heterocycles. The van der Waals surface area contributed by atoms with Crippen LogP contribution in [0.25, 0.3) is 5.52 Å². The summed E-state index contributed by atoms with van der Waals surface area (Å²) in [5, 5.41) is 39.0. The average Bonchev–Trinajstić information content (AvgIpc) is 3.67. The molecule has 228 valence electrons. The molecule has 3 heterocycles. The third-order valence-corrected chi connectivity index (χ3v) is 9.72. The number of carbonyl (C=O) groups excluding carboxylic acids is 1. The summed E-state index contributed by atoms with van der Waals surface area (Å²) in [6, 6.07) is 11.1. The van der Waals surface area contributed by atoms with E-state index in [2.05, 4.69) is 15.2 Å². The summed E-state index contributed by atoms with van der Waals surface area (Å²) in [4.78, 5) is 16.7. The lowest BCUT2D eigenvalue weighted by molar-refractivity contribution is -0.154. The Kier molecular flexibility index (Phi) is 7.89. The largest absolute Gasteiger partial charge is 0.461 e. The topological polar surface area (TPSA) is 204 Å². The van der Waals surface area contributed by atoms with Gasteiger partial charge in [0.05, 0.1) is 12.3 Å². The lowest BCUT2D eigenvalue weighted by atomic mass is 9.92. The molecule has 3 aromatic rings. The highest BCUT2D eigenvalue weighted by atomic mass is 31.2. The number of rotatable bonds is 11. The van der Waals surface area contributed by atoms with Crippen LogP contribution in [-0.2, 0) is 29.0 Å². The molecule has 5 N–H and O–H groups in total. The first-order valence-corrected chi connectivity index (χ1v) is 15.7. The fourth-order valence-electron chi connectivity index (χ4n) is 5.28. The third kappa shape index (κ3) is 5.60. The summed E-state index contributed by atoms with van der Waals surface area (Å²) < 4.78 is 38.7. The molecule has 1 saturated heterocycles. The lowest BCUT2D eigenvalue weighted by Crippen LogP contribution is -2.41. The Labute approximate surface area is 247 Å². The number of nitrogens with zero attached hydrogens (tertiary/aromatic N) is 4. The third-order valence-electron chi connectivity index (χ3n) is 8.09. The van der Waals surface area contributed by atoms with E-state index >= 15 is 0 Å². The van der Waals surface area contributed by atoms with E-state index in [0.29, 0.717) is 11.3 Å². The standard InChI is InChI=1S/C28H33N6O8P/c1-16(27(37)40-18-5-4-6-18)33-43(38,42-21-8-3-2-7-19(21)17-9-10-17)39-13-22-24(35)25(36)28(14-29,41-22)23-12-11-20-26(30)31-15-32-34(20)23/h2-3,7-8,11-12,15-18,22,24-25,35-36H,4-6,9-10,13H2,1H3,(H,33,38)(H2,30,31,32)/t16-,22+,24+,25+,28-,43?/m0/s1. The summed E-state index contributed by atoms with van der Waals surface area (Å²) in [5.74, 6) is 0.122. The number of para-hydroxylation sites is 1. The molecule has 1 aliphatic heterocycles. The van der Waals surface area contributed by atoms with Gasteiger partial charge in [-0.05, 0) is 68.7 Å². The van der Waals surface area contributed by atoms with Crippen molar-refractivity contribution in [3.8, 4) is 11.8 Å². The van der Waals surface area contributed by atoms with E-state index in [1.807, 2.05) is 18.2 Å². The zero-order valence-corrected chi connectivity index (χ0v) is 24.3. The van der Waals surface area contributed by atoms with Gasteiger partial charge in [-0.1, -0.05) is 18.2 Å². The van der Waals surface area contributed by atoms with Gasteiger partial charge in [-0.2, -0.15) is 15.4 Å². The van der Waals surface area contributed by atoms with Gasteiger partial charge in [0.25, 0.3) is 0 Å². The average molecular weight is 613 g/mol. The minimum absolute atomic E-state index is 0.108. The van der Waals surface area contributed by atoms with Crippen molar-refractivity contribution in [2.24, 2.45) is 0 Å². The quantitative estimate of drug-likeness (QED) is 0.182. The number of nitrogen functional groups attached to an aromatic ring is 1. The SMILES string of the molecule is C[C@H](NP(=O)(OC[C@H]1O[C@@](C#N)(c2ccc3c(N)ncnn23)[C@H](O)[C@@H]1O)Oc1ccccc1C1CC1)C(=O)OC1CCC1. The van der Waals surface area contributed by atoms with Gasteiger partial charge < -0.3 is 29.9 Å². The predicted molar refractivity (Wildman–Crippen MR) is 151 cm³/mol. The lowest BCUT2D eigenvalue weighted by Gasteiger charge is -2.29. The molecule has 2 aliphatic carbocycles. The van der Waals surface area contributed by atoms with E-state index in [4.69, 9.17) is 24.3 Å². The first-order chi connectivity index (χ1) is 20.6. The number of aromatic nitrogens is 3. The fraction of sp³-hybridized carbons (Fsp3) is 0.500. The number of nitrogens with two attached hydrogens (primary N) is 1. The second-order valence-corrected chi connectivity index (χ2v) is 12.8. The summed E-state index contributed by atoms with van der Waals surface area (Å²) >= 11 is 0. The van der Waals surface area contributed by atoms with Crippen molar-refractivity contribution >= 4 is 25.1 Å². The molecule has 2 saturated carbocycles. The molecule has 0 bridgehead atoms. The van der Waals surface area contributed by atoms with Crippen molar-refractivity contribution in [3.05, 3.63) is 54.0 Å². The van der Waals surface area contributed by atoms with Crippen LogP contribution in [0.5, 0.6) is 5.75 Å². The molecular weight excluding hydrogens is 579 g/mol. The van der Waals surface area contributed by atoms with Crippen LogP contribution in [0.3, 0.4) is 0 Å². The number of nitriles is 1. The van der Waals surface area contributed by atoms with Crippen LogP contribution >= 0.6 is 7.75 Å². The molecular formula is C28H33N6O8P. The molecule has 1 unspecified atom stereocenters. The van der Waals surface area contributed by atoms with Gasteiger partial charge in [-0.25, -0.2) is 14.1 Å². The Hall–Kier alpha value is -3.57. The second kappa shape index (κ2) is 11.5. The Balaban J connectivity index is 1.24. The van der Waals surface area contributed by atoms with Crippen LogP contribution in [-0.4, -0.2) is 67.8 Å². The highest BCUT2D eigenvalue weighted by Crippen LogP contribution is 2.51. The molecule has 3 fully saturated rings. The van der Waals surface area contributed by atoms with Crippen LogP contribution in [0.4, 0.5) is 5.82 Å². The molecule has 3 aliphatic rings. The summed E-state index contributed by atoms with van der Waals surface area (Å²) in [5.41, 5.74) is 5.18. The molecule has 14 nitrogen and oxygen atoms in total. The zero-order valence-electron chi connectivity index (χ0n) is 23.4. The van der Waals surface area contributed by atoms with Crippen molar-refractivity contribution in [1.82, 2.24) is 19.7 Å². The monoisotopic (exact) mass is 612 g/mol. The number of aliphatic hydroxyl groups excluding tert-OH is 2. The van der Waals surface area contributed by atoms with Gasteiger partial charge in [-0.3, -0.25) is 9.32 Å². The van der Waals surface area contributed by atoms with E-state index < -0.39 is 50.3 Å². The maximum Gasteiger partial charge on any atom is 0.459 e. The van der Waals surface area contributed by atoms with Crippen LogP contribution in [0.2, 0.25) is 0 Å². The number of hydrogen-bond acceptors (Lipinski definition) is 12. The zero-order chi connectivity index (χ0) is 30.4.